The van der Waals surface area contributed by atoms with E-state index in [0.29, 0.717) is 17.6 Å². The molecule has 0 saturated heterocycles. The van der Waals surface area contributed by atoms with Gasteiger partial charge >= 0.3 is 0 Å². The Labute approximate surface area is 160 Å². The Bertz CT molecular complexity index is 945. The first-order chi connectivity index (χ1) is 13.1. The zero-order chi connectivity index (χ0) is 19.2. The number of hydrogen-bond donors (Lipinski definition) is 1. The molecule has 0 saturated carbocycles. The molecule has 0 spiro atoms. The number of aromatic nitrogens is 3. The van der Waals surface area contributed by atoms with Crippen LogP contribution in [0.4, 0.5) is 10.1 Å². The highest BCUT2D eigenvalue weighted by Crippen LogP contribution is 2.30. The molecule has 140 valence electrons. The van der Waals surface area contributed by atoms with E-state index in [2.05, 4.69) is 15.5 Å². The summed E-state index contributed by atoms with van der Waals surface area (Å²) in [5.41, 5.74) is 0.990. The topological polar surface area (TPSA) is 69.0 Å². The average Bonchev–Trinajstić information content (AvgIpc) is 3.03. The van der Waals surface area contributed by atoms with Crippen molar-refractivity contribution in [2.24, 2.45) is 7.05 Å². The number of benzene rings is 2. The van der Waals surface area contributed by atoms with E-state index >= 15 is 0 Å². The van der Waals surface area contributed by atoms with Crippen LogP contribution in [0, 0.1) is 5.82 Å². The quantitative estimate of drug-likeness (QED) is 0.627. The Kier molecular flexibility index (Phi) is 6.08. The molecule has 0 radical (unpaired) electrons. The van der Waals surface area contributed by atoms with Crippen LogP contribution in [0.5, 0.6) is 5.75 Å². The number of hydrogen-bond acceptors (Lipinski definition) is 5. The van der Waals surface area contributed by atoms with E-state index in [0.717, 1.165) is 11.3 Å². The fourth-order valence-corrected chi connectivity index (χ4v) is 3.20. The third kappa shape index (κ3) is 4.46. The highest BCUT2D eigenvalue weighted by molar-refractivity contribution is 7.99. The van der Waals surface area contributed by atoms with Crippen molar-refractivity contribution < 1.29 is 13.9 Å². The van der Waals surface area contributed by atoms with Gasteiger partial charge in [0.1, 0.15) is 11.6 Å². The summed E-state index contributed by atoms with van der Waals surface area (Å²) in [5, 5.41) is 11.5. The molecule has 6 nitrogen and oxygen atoms in total. The van der Waals surface area contributed by atoms with Crippen molar-refractivity contribution in [1.29, 1.82) is 0 Å². The molecule has 1 heterocycles. The van der Waals surface area contributed by atoms with E-state index in [1.165, 1.54) is 23.9 Å². The maximum Gasteiger partial charge on any atom is 0.234 e. The smallest absolute Gasteiger partial charge is 0.234 e. The van der Waals surface area contributed by atoms with Gasteiger partial charge in [0.15, 0.2) is 11.0 Å². The number of nitrogens with zero attached hydrogens (tertiary/aromatic N) is 3. The molecule has 8 heteroatoms. The molecular formula is C19H19FN4O2S. The number of nitrogens with one attached hydrogen (secondary N) is 1. The van der Waals surface area contributed by atoms with E-state index < -0.39 is 5.82 Å². The van der Waals surface area contributed by atoms with Gasteiger partial charge in [-0.15, -0.1) is 10.2 Å². The van der Waals surface area contributed by atoms with Crippen molar-refractivity contribution in [1.82, 2.24) is 14.8 Å². The van der Waals surface area contributed by atoms with Crippen molar-refractivity contribution in [3.63, 3.8) is 0 Å². The van der Waals surface area contributed by atoms with Crippen molar-refractivity contribution in [2.75, 3.05) is 17.7 Å². The van der Waals surface area contributed by atoms with Gasteiger partial charge in [0.2, 0.25) is 5.91 Å². The molecule has 2 aromatic carbocycles. The number of carbonyl (C=O) groups is 1. The lowest BCUT2D eigenvalue weighted by atomic mass is 10.2. The Morgan fingerprint density at radius 1 is 1.19 bits per heavy atom. The second kappa shape index (κ2) is 8.68. The lowest BCUT2D eigenvalue weighted by Gasteiger charge is -2.09. The zero-order valence-corrected chi connectivity index (χ0v) is 15.8. The number of amides is 1. The normalized spacial score (nSPS) is 10.6. The third-order valence-electron chi connectivity index (χ3n) is 3.74. The second-order valence-electron chi connectivity index (χ2n) is 5.61. The van der Waals surface area contributed by atoms with E-state index in [1.54, 1.807) is 16.7 Å². The van der Waals surface area contributed by atoms with E-state index in [4.69, 9.17) is 4.74 Å². The van der Waals surface area contributed by atoms with Gasteiger partial charge in [0.05, 0.1) is 23.6 Å². The summed E-state index contributed by atoms with van der Waals surface area (Å²) in [6.45, 7) is 2.47. The summed E-state index contributed by atoms with van der Waals surface area (Å²) in [7, 11) is 1.83. The van der Waals surface area contributed by atoms with Crippen LogP contribution < -0.4 is 10.1 Å². The molecule has 3 aromatic rings. The fraction of sp³-hybridized carbons (Fsp3) is 0.211. The minimum absolute atomic E-state index is 0.0907. The third-order valence-corrected chi connectivity index (χ3v) is 4.76. The molecular weight excluding hydrogens is 367 g/mol. The molecule has 0 fully saturated rings. The van der Waals surface area contributed by atoms with Gasteiger partial charge < -0.3 is 14.6 Å². The van der Waals surface area contributed by atoms with Gasteiger partial charge in [0.25, 0.3) is 0 Å². The molecule has 0 unspecified atom stereocenters. The summed E-state index contributed by atoms with van der Waals surface area (Å²) >= 11 is 1.23. The highest BCUT2D eigenvalue weighted by atomic mass is 32.2. The molecule has 0 aliphatic heterocycles. The largest absolute Gasteiger partial charge is 0.493 e. The highest BCUT2D eigenvalue weighted by Gasteiger charge is 2.16. The Morgan fingerprint density at radius 2 is 1.93 bits per heavy atom. The number of halogens is 1. The Balaban J connectivity index is 1.69. The van der Waals surface area contributed by atoms with Gasteiger partial charge in [-0.2, -0.15) is 0 Å². The lowest BCUT2D eigenvalue weighted by molar-refractivity contribution is -0.113. The number of carbonyl (C=O) groups excluding carboxylic acids is 1. The van der Waals surface area contributed by atoms with Crippen LogP contribution in [0.15, 0.2) is 53.7 Å². The summed E-state index contributed by atoms with van der Waals surface area (Å²) < 4.78 is 21.1. The fourth-order valence-electron chi connectivity index (χ4n) is 2.49. The molecule has 3 rings (SSSR count). The minimum atomic E-state index is -0.468. The van der Waals surface area contributed by atoms with Crippen molar-refractivity contribution in [3.05, 3.63) is 54.3 Å². The Morgan fingerprint density at radius 3 is 2.70 bits per heavy atom. The summed E-state index contributed by atoms with van der Waals surface area (Å²) in [4.78, 5) is 12.1. The number of ether oxygens (including phenoxy) is 1. The minimum Gasteiger partial charge on any atom is -0.493 e. The first kappa shape index (κ1) is 18.9. The Hall–Kier alpha value is -2.87. The maximum absolute atomic E-state index is 13.6. The van der Waals surface area contributed by atoms with Crippen LogP contribution >= 0.6 is 11.8 Å². The second-order valence-corrected chi connectivity index (χ2v) is 6.55. The molecule has 1 N–H and O–H groups in total. The number of rotatable bonds is 7. The molecule has 1 amide bonds. The molecule has 1 aromatic heterocycles. The first-order valence-electron chi connectivity index (χ1n) is 8.39. The van der Waals surface area contributed by atoms with Crippen LogP contribution in [-0.2, 0) is 11.8 Å². The van der Waals surface area contributed by atoms with E-state index in [-0.39, 0.29) is 17.3 Å². The van der Waals surface area contributed by atoms with Gasteiger partial charge in [-0.25, -0.2) is 4.39 Å². The molecule has 0 bridgehead atoms. The van der Waals surface area contributed by atoms with Crippen LogP contribution in [0.3, 0.4) is 0 Å². The predicted octanol–water partition coefficient (Wildman–Crippen LogP) is 3.75. The summed E-state index contributed by atoms with van der Waals surface area (Å²) in [5.74, 6) is 0.682. The maximum atomic E-state index is 13.6. The van der Waals surface area contributed by atoms with Crippen LogP contribution in [0.2, 0.25) is 0 Å². The van der Waals surface area contributed by atoms with Crippen LogP contribution in [0.1, 0.15) is 6.92 Å². The SMILES string of the molecule is CCOc1ccccc1-c1nnc(SCC(=O)Nc2ccccc2F)n1C. The van der Waals surface area contributed by atoms with Gasteiger partial charge in [-0.05, 0) is 31.2 Å². The number of para-hydroxylation sites is 2. The molecule has 0 atom stereocenters. The van der Waals surface area contributed by atoms with Crippen molar-refractivity contribution in [3.8, 4) is 17.1 Å². The number of thioether (sulfide) groups is 1. The summed E-state index contributed by atoms with van der Waals surface area (Å²) in [6, 6.07) is 13.6. The van der Waals surface area contributed by atoms with Crippen LogP contribution in [0.25, 0.3) is 11.4 Å². The first-order valence-corrected chi connectivity index (χ1v) is 9.37. The van der Waals surface area contributed by atoms with Gasteiger partial charge in [0, 0.05) is 7.05 Å². The van der Waals surface area contributed by atoms with Crippen molar-refractivity contribution in [2.45, 2.75) is 12.1 Å². The van der Waals surface area contributed by atoms with Crippen molar-refractivity contribution >= 4 is 23.4 Å². The molecule has 27 heavy (non-hydrogen) atoms. The van der Waals surface area contributed by atoms with Gasteiger partial charge in [-0.3, -0.25) is 4.79 Å². The average molecular weight is 386 g/mol. The predicted molar refractivity (Wildman–Crippen MR) is 103 cm³/mol. The van der Waals surface area contributed by atoms with Crippen LogP contribution in [-0.4, -0.2) is 33.0 Å². The number of anilines is 1. The standard InChI is InChI=1S/C19H19FN4O2S/c1-3-26-16-11-7-4-8-13(16)18-22-23-19(24(18)2)27-12-17(25)21-15-10-6-5-9-14(15)20/h4-11H,3,12H2,1-2H3,(H,21,25). The summed E-state index contributed by atoms with van der Waals surface area (Å²) in [6.07, 6.45) is 0. The van der Waals surface area contributed by atoms with E-state index in [9.17, 15) is 9.18 Å². The van der Waals surface area contributed by atoms with Gasteiger partial charge in [-0.1, -0.05) is 36.0 Å². The molecule has 0 aliphatic carbocycles. The zero-order valence-electron chi connectivity index (χ0n) is 15.0. The monoisotopic (exact) mass is 386 g/mol. The lowest BCUT2D eigenvalue weighted by Crippen LogP contribution is -2.15. The molecule has 0 aliphatic rings. The van der Waals surface area contributed by atoms with E-state index in [1.807, 2.05) is 38.2 Å².